The predicted octanol–water partition coefficient (Wildman–Crippen LogP) is 4.11. The molecule has 1 N–H and O–H groups in total. The zero-order valence-corrected chi connectivity index (χ0v) is 13.1. The molecule has 0 aliphatic carbocycles. The molecule has 2 atom stereocenters. The summed E-state index contributed by atoms with van der Waals surface area (Å²) in [5, 5.41) is 3.36. The van der Waals surface area contributed by atoms with Crippen LogP contribution in [0.4, 0.5) is 5.69 Å². The summed E-state index contributed by atoms with van der Waals surface area (Å²) in [4.78, 5) is 2.59. The first-order valence-corrected chi connectivity index (χ1v) is 7.70. The lowest BCUT2D eigenvalue weighted by atomic mass is 10.0. The number of nitrogens with one attached hydrogen (secondary N) is 1. The van der Waals surface area contributed by atoms with Gasteiger partial charge in [0.15, 0.2) is 0 Å². The molecule has 0 radical (unpaired) electrons. The van der Waals surface area contributed by atoms with Gasteiger partial charge in [-0.1, -0.05) is 28.9 Å². The van der Waals surface area contributed by atoms with Gasteiger partial charge in [0.05, 0.1) is 0 Å². The van der Waals surface area contributed by atoms with Crippen molar-refractivity contribution in [2.45, 2.75) is 45.2 Å². The van der Waals surface area contributed by atoms with Crippen LogP contribution in [0.25, 0.3) is 0 Å². The molecule has 0 saturated carbocycles. The van der Waals surface area contributed by atoms with Gasteiger partial charge in [0.2, 0.25) is 0 Å². The van der Waals surface area contributed by atoms with Gasteiger partial charge in [0.1, 0.15) is 0 Å². The van der Waals surface area contributed by atoms with Crippen molar-refractivity contribution in [3.63, 3.8) is 0 Å². The van der Waals surface area contributed by atoms with Crippen molar-refractivity contribution in [3.05, 3.63) is 28.2 Å². The van der Waals surface area contributed by atoms with E-state index in [0.29, 0.717) is 12.1 Å². The van der Waals surface area contributed by atoms with Crippen molar-refractivity contribution < 1.29 is 0 Å². The minimum absolute atomic E-state index is 0.395. The van der Waals surface area contributed by atoms with Gasteiger partial charge in [-0.2, -0.15) is 0 Å². The number of rotatable bonds is 4. The molecule has 1 heterocycles. The molecule has 0 amide bonds. The molecule has 1 aliphatic heterocycles. The fourth-order valence-corrected chi connectivity index (χ4v) is 3.21. The van der Waals surface area contributed by atoms with Crippen molar-refractivity contribution in [2.75, 3.05) is 18.5 Å². The summed E-state index contributed by atoms with van der Waals surface area (Å²) in [5.41, 5.74) is 2.80. The first kappa shape index (κ1) is 13.9. The van der Waals surface area contributed by atoms with E-state index in [1.165, 1.54) is 41.5 Å². The number of anilines is 1. The van der Waals surface area contributed by atoms with Crippen LogP contribution in [0.1, 0.15) is 44.7 Å². The molecule has 0 bridgehead atoms. The summed E-state index contributed by atoms with van der Waals surface area (Å²) in [7, 11) is 2.03. The molecular formula is C15H23BrN2. The van der Waals surface area contributed by atoms with Gasteiger partial charge in [-0.25, -0.2) is 0 Å². The summed E-state index contributed by atoms with van der Waals surface area (Å²) < 4.78 is 1.17. The predicted molar refractivity (Wildman–Crippen MR) is 82.3 cm³/mol. The molecule has 0 aromatic heterocycles. The highest BCUT2D eigenvalue weighted by molar-refractivity contribution is 9.10. The number of benzene rings is 1. The lowest BCUT2D eigenvalue weighted by Crippen LogP contribution is -2.30. The average Bonchev–Trinajstić information content (AvgIpc) is 2.85. The van der Waals surface area contributed by atoms with Gasteiger partial charge in [-0.15, -0.1) is 0 Å². The Hall–Kier alpha value is -0.540. The molecule has 2 rings (SSSR count). The maximum Gasteiger partial charge on any atom is 0.0428 e. The summed E-state index contributed by atoms with van der Waals surface area (Å²) in [6.45, 7) is 5.71. The van der Waals surface area contributed by atoms with Crippen LogP contribution in [0.5, 0.6) is 0 Å². The molecule has 1 aromatic carbocycles. The summed E-state index contributed by atoms with van der Waals surface area (Å²) >= 11 is 3.61. The highest BCUT2D eigenvalue weighted by Crippen LogP contribution is 2.35. The van der Waals surface area contributed by atoms with Crippen LogP contribution in [0.15, 0.2) is 22.7 Å². The molecule has 1 aromatic rings. The van der Waals surface area contributed by atoms with E-state index in [2.05, 4.69) is 58.2 Å². The summed E-state index contributed by atoms with van der Waals surface area (Å²) in [5.74, 6) is 0. The fourth-order valence-electron chi connectivity index (χ4n) is 2.86. The first-order chi connectivity index (χ1) is 8.67. The highest BCUT2D eigenvalue weighted by atomic mass is 79.9. The van der Waals surface area contributed by atoms with Crippen molar-refractivity contribution in [1.82, 2.24) is 5.32 Å². The third-order valence-electron chi connectivity index (χ3n) is 4.05. The molecule has 1 aliphatic rings. The van der Waals surface area contributed by atoms with Crippen LogP contribution in [0, 0.1) is 0 Å². The highest BCUT2D eigenvalue weighted by Gasteiger charge is 2.25. The first-order valence-electron chi connectivity index (χ1n) is 6.90. The Balaban J connectivity index is 2.38. The Kier molecular flexibility index (Phi) is 4.68. The molecule has 1 saturated heterocycles. The van der Waals surface area contributed by atoms with Crippen LogP contribution in [-0.2, 0) is 0 Å². The number of hydrogen-bond donors (Lipinski definition) is 1. The Morgan fingerprint density at radius 3 is 2.94 bits per heavy atom. The Morgan fingerprint density at radius 2 is 2.28 bits per heavy atom. The van der Waals surface area contributed by atoms with Gasteiger partial charge in [0.25, 0.3) is 0 Å². The van der Waals surface area contributed by atoms with E-state index < -0.39 is 0 Å². The van der Waals surface area contributed by atoms with E-state index in [0.717, 1.165) is 0 Å². The summed E-state index contributed by atoms with van der Waals surface area (Å²) in [6, 6.07) is 7.76. The number of nitrogens with zero attached hydrogens (tertiary/aromatic N) is 1. The Bertz CT molecular complexity index is 405. The molecule has 3 heteroatoms. The molecule has 0 spiro atoms. The minimum Gasteiger partial charge on any atom is -0.368 e. The third kappa shape index (κ3) is 2.72. The van der Waals surface area contributed by atoms with Gasteiger partial charge < -0.3 is 10.2 Å². The van der Waals surface area contributed by atoms with E-state index >= 15 is 0 Å². The maximum absolute atomic E-state index is 3.61. The average molecular weight is 311 g/mol. The Morgan fingerprint density at radius 1 is 1.50 bits per heavy atom. The largest absolute Gasteiger partial charge is 0.368 e. The molecule has 2 nitrogen and oxygen atoms in total. The van der Waals surface area contributed by atoms with Gasteiger partial charge >= 0.3 is 0 Å². The molecule has 100 valence electrons. The molecular weight excluding hydrogens is 288 g/mol. The van der Waals surface area contributed by atoms with Crippen molar-refractivity contribution in [3.8, 4) is 0 Å². The van der Waals surface area contributed by atoms with Crippen molar-refractivity contribution >= 4 is 21.6 Å². The van der Waals surface area contributed by atoms with Crippen molar-refractivity contribution in [2.24, 2.45) is 0 Å². The van der Waals surface area contributed by atoms with E-state index in [9.17, 15) is 0 Å². The standard InChI is InChI=1S/C15H23BrN2/c1-4-13-6-5-9-18(13)15-10-12(16)7-8-14(15)11(2)17-3/h7-8,10-11,13,17H,4-6,9H2,1-3H3. The van der Waals surface area contributed by atoms with Gasteiger partial charge in [-0.3, -0.25) is 0 Å². The van der Waals surface area contributed by atoms with Gasteiger partial charge in [0, 0.05) is 28.8 Å². The maximum atomic E-state index is 3.61. The third-order valence-corrected chi connectivity index (χ3v) is 4.54. The van der Waals surface area contributed by atoms with Crippen molar-refractivity contribution in [1.29, 1.82) is 0 Å². The second-order valence-corrected chi connectivity index (χ2v) is 6.03. The van der Waals surface area contributed by atoms with E-state index in [1.807, 2.05) is 7.05 Å². The molecule has 2 unspecified atom stereocenters. The zero-order chi connectivity index (χ0) is 13.1. The number of halogens is 1. The lowest BCUT2D eigenvalue weighted by molar-refractivity contribution is 0.623. The minimum atomic E-state index is 0.395. The quantitative estimate of drug-likeness (QED) is 0.900. The van der Waals surface area contributed by atoms with Crippen LogP contribution in [0.3, 0.4) is 0 Å². The number of hydrogen-bond acceptors (Lipinski definition) is 2. The van der Waals surface area contributed by atoms with Gasteiger partial charge in [-0.05, 0) is 50.9 Å². The monoisotopic (exact) mass is 310 g/mol. The summed E-state index contributed by atoms with van der Waals surface area (Å²) in [6.07, 6.45) is 3.88. The van der Waals surface area contributed by atoms with Crippen LogP contribution in [0.2, 0.25) is 0 Å². The van der Waals surface area contributed by atoms with Crippen LogP contribution >= 0.6 is 15.9 Å². The van der Waals surface area contributed by atoms with E-state index in [4.69, 9.17) is 0 Å². The topological polar surface area (TPSA) is 15.3 Å². The second-order valence-electron chi connectivity index (χ2n) is 5.11. The molecule has 1 fully saturated rings. The SMILES string of the molecule is CCC1CCCN1c1cc(Br)ccc1C(C)NC. The van der Waals surface area contributed by atoms with E-state index in [1.54, 1.807) is 0 Å². The van der Waals surface area contributed by atoms with Crippen LogP contribution in [-0.4, -0.2) is 19.6 Å². The zero-order valence-electron chi connectivity index (χ0n) is 11.5. The fraction of sp³-hybridized carbons (Fsp3) is 0.600. The van der Waals surface area contributed by atoms with E-state index in [-0.39, 0.29) is 0 Å². The molecule has 18 heavy (non-hydrogen) atoms. The second kappa shape index (κ2) is 6.07. The smallest absolute Gasteiger partial charge is 0.0428 e. The lowest BCUT2D eigenvalue weighted by Gasteiger charge is -2.30. The Labute approximate surface area is 119 Å². The normalized spacial score (nSPS) is 21.3. The van der Waals surface area contributed by atoms with Crippen LogP contribution < -0.4 is 10.2 Å².